The highest BCUT2D eigenvalue weighted by molar-refractivity contribution is 7.99. The Hall–Kier alpha value is -0.260. The minimum Gasteiger partial charge on any atom is -0.480 e. The third kappa shape index (κ3) is 2.14. The largest absolute Gasteiger partial charge is 0.480 e. The highest BCUT2D eigenvalue weighted by atomic mass is 32.2. The van der Waals surface area contributed by atoms with Crippen LogP contribution in [0.25, 0.3) is 0 Å². The van der Waals surface area contributed by atoms with Crippen molar-refractivity contribution in [3.63, 3.8) is 0 Å². The van der Waals surface area contributed by atoms with E-state index in [0.29, 0.717) is 26.1 Å². The average molecular weight is 231 g/mol. The van der Waals surface area contributed by atoms with E-state index in [1.807, 2.05) is 11.8 Å². The summed E-state index contributed by atoms with van der Waals surface area (Å²) >= 11 is 1.91. The highest BCUT2D eigenvalue weighted by Crippen LogP contribution is 2.30. The van der Waals surface area contributed by atoms with E-state index in [1.165, 1.54) is 0 Å². The first-order chi connectivity index (χ1) is 7.26. The molecule has 15 heavy (non-hydrogen) atoms. The highest BCUT2D eigenvalue weighted by Gasteiger charge is 2.45. The van der Waals surface area contributed by atoms with Crippen LogP contribution in [-0.4, -0.2) is 59.3 Å². The molecular formula is C10H17NO3S. The van der Waals surface area contributed by atoms with E-state index >= 15 is 0 Å². The number of carboxylic acid groups (broad SMARTS) is 1. The first kappa shape index (κ1) is 11.2. The lowest BCUT2D eigenvalue weighted by molar-refractivity contribution is -0.158. The van der Waals surface area contributed by atoms with Gasteiger partial charge in [-0.15, -0.1) is 0 Å². The Balaban J connectivity index is 2.12. The molecule has 2 fully saturated rings. The molecule has 0 atom stereocenters. The lowest BCUT2D eigenvalue weighted by Gasteiger charge is -2.44. The molecule has 0 aromatic rings. The first-order valence-electron chi connectivity index (χ1n) is 5.40. The van der Waals surface area contributed by atoms with E-state index in [-0.39, 0.29) is 0 Å². The summed E-state index contributed by atoms with van der Waals surface area (Å²) in [6, 6.07) is 0. The zero-order valence-corrected chi connectivity index (χ0v) is 9.59. The molecule has 2 heterocycles. The Morgan fingerprint density at radius 2 is 1.87 bits per heavy atom. The van der Waals surface area contributed by atoms with Gasteiger partial charge in [-0.05, 0) is 12.8 Å². The van der Waals surface area contributed by atoms with Gasteiger partial charge in [0.25, 0.3) is 0 Å². The van der Waals surface area contributed by atoms with Crippen LogP contribution in [0.5, 0.6) is 0 Å². The third-order valence-electron chi connectivity index (χ3n) is 3.33. The molecule has 0 aliphatic carbocycles. The first-order valence-corrected chi connectivity index (χ1v) is 6.55. The summed E-state index contributed by atoms with van der Waals surface area (Å²) in [6.07, 6.45) is 1.26. The molecule has 2 rings (SSSR count). The average Bonchev–Trinajstić information content (AvgIpc) is 2.31. The zero-order chi connectivity index (χ0) is 10.7. The van der Waals surface area contributed by atoms with Gasteiger partial charge in [-0.2, -0.15) is 11.8 Å². The van der Waals surface area contributed by atoms with Gasteiger partial charge in [0, 0.05) is 37.8 Å². The molecule has 0 spiro atoms. The normalized spacial score (nSPS) is 27.5. The summed E-state index contributed by atoms with van der Waals surface area (Å²) in [5, 5.41) is 9.44. The number of ether oxygens (including phenoxy) is 1. The fraction of sp³-hybridized carbons (Fsp3) is 0.900. The number of aliphatic carboxylic acids is 1. The Morgan fingerprint density at radius 3 is 2.40 bits per heavy atom. The Morgan fingerprint density at radius 1 is 1.27 bits per heavy atom. The SMILES string of the molecule is O=C(O)C1(N2CCSCC2)CCOCC1. The minimum absolute atomic E-state index is 0.579. The van der Waals surface area contributed by atoms with Crippen molar-refractivity contribution >= 4 is 17.7 Å². The molecule has 0 aromatic heterocycles. The monoisotopic (exact) mass is 231 g/mol. The lowest BCUT2D eigenvalue weighted by Crippen LogP contribution is -2.59. The molecule has 4 nitrogen and oxygen atoms in total. The van der Waals surface area contributed by atoms with Crippen molar-refractivity contribution in [2.75, 3.05) is 37.8 Å². The van der Waals surface area contributed by atoms with E-state index in [0.717, 1.165) is 24.6 Å². The number of hydrogen-bond donors (Lipinski definition) is 1. The number of thioether (sulfide) groups is 1. The van der Waals surface area contributed by atoms with Crippen molar-refractivity contribution in [2.45, 2.75) is 18.4 Å². The van der Waals surface area contributed by atoms with Crippen LogP contribution in [0.15, 0.2) is 0 Å². The van der Waals surface area contributed by atoms with Gasteiger partial charge in [0.15, 0.2) is 0 Å². The van der Waals surface area contributed by atoms with Crippen LogP contribution in [-0.2, 0) is 9.53 Å². The summed E-state index contributed by atoms with van der Waals surface area (Å²) < 4.78 is 5.27. The van der Waals surface area contributed by atoms with Crippen molar-refractivity contribution < 1.29 is 14.6 Å². The fourth-order valence-corrected chi connectivity index (χ4v) is 3.27. The van der Waals surface area contributed by atoms with E-state index in [1.54, 1.807) is 0 Å². The molecule has 2 saturated heterocycles. The number of nitrogens with zero attached hydrogens (tertiary/aromatic N) is 1. The molecule has 1 N–H and O–H groups in total. The van der Waals surface area contributed by atoms with Crippen molar-refractivity contribution in [3.8, 4) is 0 Å². The van der Waals surface area contributed by atoms with Crippen LogP contribution in [0.4, 0.5) is 0 Å². The van der Waals surface area contributed by atoms with Gasteiger partial charge in [-0.3, -0.25) is 9.69 Å². The molecule has 5 heteroatoms. The zero-order valence-electron chi connectivity index (χ0n) is 8.78. The van der Waals surface area contributed by atoms with E-state index < -0.39 is 11.5 Å². The van der Waals surface area contributed by atoms with Gasteiger partial charge in [-0.25, -0.2) is 0 Å². The second-order valence-electron chi connectivity index (χ2n) is 4.05. The number of carbonyl (C=O) groups is 1. The number of carboxylic acids is 1. The van der Waals surface area contributed by atoms with Gasteiger partial charge >= 0.3 is 5.97 Å². The van der Waals surface area contributed by atoms with Crippen LogP contribution < -0.4 is 0 Å². The predicted octanol–water partition coefficient (Wildman–Crippen LogP) is 0.669. The Kier molecular flexibility index (Phi) is 3.53. The molecule has 0 amide bonds. The molecule has 0 bridgehead atoms. The van der Waals surface area contributed by atoms with Crippen LogP contribution in [0.2, 0.25) is 0 Å². The molecule has 0 saturated carbocycles. The smallest absolute Gasteiger partial charge is 0.324 e. The standard InChI is InChI=1S/C10H17NO3S/c12-9(13)10(1-5-14-6-2-10)11-3-7-15-8-4-11/h1-8H2,(H,12,13). The predicted molar refractivity (Wildman–Crippen MR) is 59.3 cm³/mol. The van der Waals surface area contributed by atoms with Gasteiger partial charge in [0.05, 0.1) is 0 Å². The number of rotatable bonds is 2. The topological polar surface area (TPSA) is 49.8 Å². The quantitative estimate of drug-likeness (QED) is 0.757. The minimum atomic E-state index is -0.669. The van der Waals surface area contributed by atoms with Crippen LogP contribution in [0.1, 0.15) is 12.8 Å². The van der Waals surface area contributed by atoms with Crippen molar-refractivity contribution in [3.05, 3.63) is 0 Å². The second kappa shape index (κ2) is 4.72. The van der Waals surface area contributed by atoms with Gasteiger partial charge < -0.3 is 9.84 Å². The van der Waals surface area contributed by atoms with Gasteiger partial charge in [0.2, 0.25) is 0 Å². The summed E-state index contributed by atoms with van der Waals surface area (Å²) in [5.74, 6) is 1.43. The maximum atomic E-state index is 11.5. The molecule has 0 aromatic carbocycles. The Bertz CT molecular complexity index is 235. The van der Waals surface area contributed by atoms with Gasteiger partial charge in [0.1, 0.15) is 5.54 Å². The van der Waals surface area contributed by atoms with Crippen LogP contribution >= 0.6 is 11.8 Å². The van der Waals surface area contributed by atoms with Crippen molar-refractivity contribution in [1.82, 2.24) is 4.90 Å². The van der Waals surface area contributed by atoms with Gasteiger partial charge in [-0.1, -0.05) is 0 Å². The van der Waals surface area contributed by atoms with Crippen LogP contribution in [0, 0.1) is 0 Å². The number of hydrogen-bond acceptors (Lipinski definition) is 4. The molecule has 86 valence electrons. The fourth-order valence-electron chi connectivity index (χ4n) is 2.37. The van der Waals surface area contributed by atoms with E-state index in [2.05, 4.69) is 4.90 Å². The molecule has 2 aliphatic heterocycles. The molecule has 0 unspecified atom stereocenters. The molecule has 2 aliphatic rings. The summed E-state index contributed by atoms with van der Waals surface area (Å²) in [4.78, 5) is 13.6. The maximum Gasteiger partial charge on any atom is 0.324 e. The summed E-state index contributed by atoms with van der Waals surface area (Å²) in [6.45, 7) is 2.96. The lowest BCUT2D eigenvalue weighted by atomic mass is 9.88. The van der Waals surface area contributed by atoms with Crippen molar-refractivity contribution in [1.29, 1.82) is 0 Å². The van der Waals surface area contributed by atoms with E-state index in [4.69, 9.17) is 4.74 Å². The summed E-state index contributed by atoms with van der Waals surface area (Å²) in [5.41, 5.74) is -0.640. The van der Waals surface area contributed by atoms with E-state index in [9.17, 15) is 9.90 Å². The molecular weight excluding hydrogens is 214 g/mol. The van der Waals surface area contributed by atoms with Crippen LogP contribution in [0.3, 0.4) is 0 Å². The Labute approximate surface area is 94.0 Å². The maximum absolute atomic E-state index is 11.5. The summed E-state index contributed by atoms with van der Waals surface area (Å²) in [7, 11) is 0. The molecule has 0 radical (unpaired) electrons. The van der Waals surface area contributed by atoms with Crippen molar-refractivity contribution in [2.24, 2.45) is 0 Å². The third-order valence-corrected chi connectivity index (χ3v) is 4.28. The second-order valence-corrected chi connectivity index (χ2v) is 5.27.